The number of nitrogen functional groups attached to an aromatic ring is 1. The summed E-state index contributed by atoms with van der Waals surface area (Å²) < 4.78 is 2.10. The van der Waals surface area contributed by atoms with Crippen LogP contribution in [0.2, 0.25) is 0 Å². The molecule has 2 aromatic heterocycles. The first kappa shape index (κ1) is 21.6. The molecule has 3 N–H and O–H groups in total. The minimum Gasteiger partial charge on any atom is -0.397 e. The average Bonchev–Trinajstić information content (AvgIpc) is 3.11. The van der Waals surface area contributed by atoms with Crippen molar-refractivity contribution in [2.24, 2.45) is 0 Å². The van der Waals surface area contributed by atoms with E-state index in [1.165, 1.54) is 10.9 Å². The van der Waals surface area contributed by atoms with Crippen molar-refractivity contribution in [2.45, 2.75) is 13.8 Å². The number of aromatic nitrogens is 3. The van der Waals surface area contributed by atoms with Gasteiger partial charge < -0.3 is 25.4 Å². The number of anilines is 4. The Morgan fingerprint density at radius 2 is 1.78 bits per heavy atom. The standard InChI is InChI=1S/C25H31N7/c1-17-14-23(31(5)13-12-30(3)4)20(26)15-21(17)28-25-27-11-10-24(29-25)32-16-18(2)19-8-6-7-9-22(19)32/h6-11,14-16H,12-13,26H2,1-5H3,(H,27,28,29). The first-order valence-electron chi connectivity index (χ1n) is 10.8. The summed E-state index contributed by atoms with van der Waals surface area (Å²) in [6.45, 7) is 6.04. The van der Waals surface area contributed by atoms with Gasteiger partial charge in [0.1, 0.15) is 5.82 Å². The number of nitrogens with two attached hydrogens (primary N) is 1. The van der Waals surface area contributed by atoms with Crippen molar-refractivity contribution in [3.05, 3.63) is 66.0 Å². The Hall–Kier alpha value is -3.58. The van der Waals surface area contributed by atoms with Gasteiger partial charge in [-0.05, 0) is 63.3 Å². The molecule has 0 atom stereocenters. The molecule has 0 spiro atoms. The van der Waals surface area contributed by atoms with Crippen LogP contribution in [0.4, 0.5) is 23.0 Å². The molecule has 0 saturated heterocycles. The molecule has 4 rings (SSSR count). The molecule has 0 aliphatic carbocycles. The van der Waals surface area contributed by atoms with Gasteiger partial charge in [0, 0.05) is 43.6 Å². The van der Waals surface area contributed by atoms with E-state index in [0.717, 1.165) is 47.0 Å². The second-order valence-electron chi connectivity index (χ2n) is 8.51. The Balaban J connectivity index is 1.61. The molecule has 0 unspecified atom stereocenters. The zero-order valence-corrected chi connectivity index (χ0v) is 19.4. The van der Waals surface area contributed by atoms with E-state index in [0.29, 0.717) is 5.95 Å². The topological polar surface area (TPSA) is 75.2 Å². The Morgan fingerprint density at radius 3 is 2.56 bits per heavy atom. The normalized spacial score (nSPS) is 11.3. The third kappa shape index (κ3) is 4.38. The first-order valence-corrected chi connectivity index (χ1v) is 10.8. The molecule has 0 fully saturated rings. The zero-order chi connectivity index (χ0) is 22.8. The lowest BCUT2D eigenvalue weighted by atomic mass is 10.1. The summed E-state index contributed by atoms with van der Waals surface area (Å²) in [5.41, 5.74) is 12.5. The summed E-state index contributed by atoms with van der Waals surface area (Å²) in [6, 6.07) is 14.3. The molecule has 0 radical (unpaired) electrons. The van der Waals surface area contributed by atoms with Gasteiger partial charge in [0.25, 0.3) is 0 Å². The number of hydrogen-bond donors (Lipinski definition) is 2. The van der Waals surface area contributed by atoms with Crippen LogP contribution in [0.1, 0.15) is 11.1 Å². The molecule has 0 saturated carbocycles. The van der Waals surface area contributed by atoms with Crippen molar-refractivity contribution >= 4 is 33.9 Å². The van der Waals surface area contributed by atoms with Gasteiger partial charge in [-0.25, -0.2) is 4.98 Å². The molecule has 166 valence electrons. The van der Waals surface area contributed by atoms with E-state index >= 15 is 0 Å². The van der Waals surface area contributed by atoms with Crippen LogP contribution in [0.25, 0.3) is 16.7 Å². The number of nitrogens with one attached hydrogen (secondary N) is 1. The van der Waals surface area contributed by atoms with Crippen LogP contribution >= 0.6 is 0 Å². The molecule has 0 amide bonds. The zero-order valence-electron chi connectivity index (χ0n) is 19.4. The fourth-order valence-corrected chi connectivity index (χ4v) is 3.85. The molecule has 7 nitrogen and oxygen atoms in total. The first-order chi connectivity index (χ1) is 15.3. The van der Waals surface area contributed by atoms with Gasteiger partial charge in [0.05, 0.1) is 16.9 Å². The Kier molecular flexibility index (Phi) is 6.01. The molecule has 0 bridgehead atoms. The second-order valence-corrected chi connectivity index (χ2v) is 8.51. The van der Waals surface area contributed by atoms with E-state index in [1.54, 1.807) is 6.20 Å². The molecule has 0 aliphatic rings. The fourth-order valence-electron chi connectivity index (χ4n) is 3.85. The highest BCUT2D eigenvalue weighted by Crippen LogP contribution is 2.31. The maximum atomic E-state index is 6.40. The molecular formula is C25H31N7. The summed E-state index contributed by atoms with van der Waals surface area (Å²) in [4.78, 5) is 13.5. The number of benzene rings is 2. The van der Waals surface area contributed by atoms with Crippen LogP contribution in [-0.2, 0) is 0 Å². The van der Waals surface area contributed by atoms with Crippen LogP contribution < -0.4 is 16.0 Å². The lowest BCUT2D eigenvalue weighted by molar-refractivity contribution is 0.416. The highest BCUT2D eigenvalue weighted by atomic mass is 15.2. The van der Waals surface area contributed by atoms with Crippen molar-refractivity contribution < 1.29 is 0 Å². The highest BCUT2D eigenvalue weighted by molar-refractivity contribution is 5.85. The average molecular weight is 430 g/mol. The summed E-state index contributed by atoms with van der Waals surface area (Å²) in [7, 11) is 6.21. The third-order valence-electron chi connectivity index (χ3n) is 5.71. The van der Waals surface area contributed by atoms with Gasteiger partial charge in [0.15, 0.2) is 0 Å². The molecular weight excluding hydrogens is 398 g/mol. The largest absolute Gasteiger partial charge is 0.397 e. The molecule has 2 aromatic carbocycles. The number of para-hydroxylation sites is 1. The highest BCUT2D eigenvalue weighted by Gasteiger charge is 2.12. The third-order valence-corrected chi connectivity index (χ3v) is 5.71. The number of likely N-dealkylation sites (N-methyl/N-ethyl adjacent to an activating group) is 2. The van der Waals surface area contributed by atoms with Crippen LogP contribution in [0.5, 0.6) is 0 Å². The summed E-state index contributed by atoms with van der Waals surface area (Å²) in [5.74, 6) is 1.35. The number of rotatable bonds is 7. The molecule has 0 aliphatic heterocycles. The van der Waals surface area contributed by atoms with E-state index in [4.69, 9.17) is 10.7 Å². The maximum Gasteiger partial charge on any atom is 0.229 e. The summed E-state index contributed by atoms with van der Waals surface area (Å²) >= 11 is 0. The molecule has 2 heterocycles. The smallest absolute Gasteiger partial charge is 0.229 e. The Bertz CT molecular complexity index is 1240. The fraction of sp³-hybridized carbons (Fsp3) is 0.280. The lowest BCUT2D eigenvalue weighted by Crippen LogP contribution is -2.29. The predicted molar refractivity (Wildman–Crippen MR) is 134 cm³/mol. The minimum atomic E-state index is 0.536. The summed E-state index contributed by atoms with van der Waals surface area (Å²) in [5, 5.41) is 4.57. The number of aryl methyl sites for hydroxylation is 2. The van der Waals surface area contributed by atoms with Crippen molar-refractivity contribution in [1.82, 2.24) is 19.4 Å². The quantitative estimate of drug-likeness (QED) is 0.425. The number of fused-ring (bicyclic) bond motifs is 1. The number of hydrogen-bond acceptors (Lipinski definition) is 6. The van der Waals surface area contributed by atoms with Crippen LogP contribution in [0.15, 0.2) is 54.9 Å². The van der Waals surface area contributed by atoms with Crippen LogP contribution in [0.3, 0.4) is 0 Å². The molecule has 32 heavy (non-hydrogen) atoms. The van der Waals surface area contributed by atoms with Gasteiger partial charge in [-0.2, -0.15) is 4.98 Å². The second kappa shape index (κ2) is 8.88. The van der Waals surface area contributed by atoms with Crippen LogP contribution in [-0.4, -0.2) is 53.7 Å². The van der Waals surface area contributed by atoms with Gasteiger partial charge >= 0.3 is 0 Å². The monoisotopic (exact) mass is 429 g/mol. The molecule has 7 heteroatoms. The van der Waals surface area contributed by atoms with E-state index in [-0.39, 0.29) is 0 Å². The van der Waals surface area contributed by atoms with E-state index in [9.17, 15) is 0 Å². The van der Waals surface area contributed by atoms with Crippen molar-refractivity contribution in [2.75, 3.05) is 50.2 Å². The predicted octanol–water partition coefficient (Wildman–Crippen LogP) is 4.36. The van der Waals surface area contributed by atoms with Gasteiger partial charge in [-0.3, -0.25) is 0 Å². The Morgan fingerprint density at radius 1 is 1.00 bits per heavy atom. The van der Waals surface area contributed by atoms with Gasteiger partial charge in [0.2, 0.25) is 5.95 Å². The Labute approximate surface area is 189 Å². The van der Waals surface area contributed by atoms with E-state index in [2.05, 4.69) is 90.1 Å². The lowest BCUT2D eigenvalue weighted by Gasteiger charge is -2.24. The number of nitrogens with zero attached hydrogens (tertiary/aromatic N) is 5. The van der Waals surface area contributed by atoms with Crippen LogP contribution in [0, 0.1) is 13.8 Å². The molecule has 4 aromatic rings. The van der Waals surface area contributed by atoms with Crippen molar-refractivity contribution in [3.63, 3.8) is 0 Å². The van der Waals surface area contributed by atoms with E-state index < -0.39 is 0 Å². The van der Waals surface area contributed by atoms with Crippen molar-refractivity contribution in [1.29, 1.82) is 0 Å². The maximum absolute atomic E-state index is 6.40. The minimum absolute atomic E-state index is 0.536. The van der Waals surface area contributed by atoms with Gasteiger partial charge in [-0.15, -0.1) is 0 Å². The van der Waals surface area contributed by atoms with E-state index in [1.807, 2.05) is 18.2 Å². The van der Waals surface area contributed by atoms with Gasteiger partial charge in [-0.1, -0.05) is 18.2 Å². The summed E-state index contributed by atoms with van der Waals surface area (Å²) in [6.07, 6.45) is 3.88. The SMILES string of the molecule is Cc1cc(N(C)CCN(C)C)c(N)cc1Nc1nccc(-n2cc(C)c3ccccc32)n1. The van der Waals surface area contributed by atoms with Crippen molar-refractivity contribution in [3.8, 4) is 5.82 Å².